The summed E-state index contributed by atoms with van der Waals surface area (Å²) in [4.78, 5) is 13.6. The van der Waals surface area contributed by atoms with Crippen molar-refractivity contribution in [3.63, 3.8) is 0 Å². The Kier molecular flexibility index (Phi) is 3.54. The first-order chi connectivity index (χ1) is 9.15. The van der Waals surface area contributed by atoms with Gasteiger partial charge in [0, 0.05) is 4.91 Å². The van der Waals surface area contributed by atoms with Crippen LogP contribution in [-0.2, 0) is 4.79 Å². The van der Waals surface area contributed by atoms with Crippen LogP contribution in [0.1, 0.15) is 11.6 Å². The van der Waals surface area contributed by atoms with Crippen molar-refractivity contribution in [3.05, 3.63) is 52.4 Å². The van der Waals surface area contributed by atoms with Gasteiger partial charge in [-0.25, -0.2) is 0 Å². The highest BCUT2D eigenvalue weighted by Crippen LogP contribution is 2.26. The first kappa shape index (κ1) is 12.7. The van der Waals surface area contributed by atoms with Gasteiger partial charge in [-0.1, -0.05) is 29.4 Å². The van der Waals surface area contributed by atoms with Crippen molar-refractivity contribution >= 4 is 16.7 Å². The third-order valence-corrected chi connectivity index (χ3v) is 2.79. The molecule has 96 valence electrons. The van der Waals surface area contributed by atoms with E-state index in [9.17, 15) is 4.79 Å². The van der Waals surface area contributed by atoms with Crippen LogP contribution in [-0.4, -0.2) is 18.2 Å². The lowest BCUT2D eigenvalue weighted by Gasteiger charge is -2.08. The SMILES string of the molecule is COc1ccc2cc(C(N=[N+]=[N-])C(=O)O)ccc2c1. The predicted octanol–water partition coefficient (Wildman–Crippen LogP) is 3.28. The fourth-order valence-electron chi connectivity index (χ4n) is 1.85. The molecule has 0 fully saturated rings. The molecule has 0 aliphatic heterocycles. The maximum absolute atomic E-state index is 11.0. The van der Waals surface area contributed by atoms with E-state index >= 15 is 0 Å². The van der Waals surface area contributed by atoms with E-state index in [-0.39, 0.29) is 0 Å². The number of nitrogens with zero attached hydrogens (tertiary/aromatic N) is 3. The van der Waals surface area contributed by atoms with Gasteiger partial charge < -0.3 is 9.84 Å². The number of hydrogen-bond donors (Lipinski definition) is 1. The van der Waals surface area contributed by atoms with Crippen LogP contribution in [0.4, 0.5) is 0 Å². The highest BCUT2D eigenvalue weighted by atomic mass is 16.5. The second-order valence-corrected chi connectivity index (χ2v) is 3.92. The van der Waals surface area contributed by atoms with Crippen LogP contribution >= 0.6 is 0 Å². The Morgan fingerprint density at radius 2 is 2.00 bits per heavy atom. The number of carbonyl (C=O) groups is 1. The van der Waals surface area contributed by atoms with E-state index in [2.05, 4.69) is 10.0 Å². The second-order valence-electron chi connectivity index (χ2n) is 3.92. The molecule has 19 heavy (non-hydrogen) atoms. The van der Waals surface area contributed by atoms with Gasteiger partial charge in [-0.05, 0) is 34.0 Å². The van der Waals surface area contributed by atoms with E-state index in [1.807, 2.05) is 12.1 Å². The molecule has 0 aliphatic rings. The molecule has 2 rings (SSSR count). The number of methoxy groups -OCH3 is 1. The maximum atomic E-state index is 11.0. The van der Waals surface area contributed by atoms with Crippen molar-refractivity contribution in [2.24, 2.45) is 5.11 Å². The third kappa shape index (κ3) is 2.59. The summed E-state index contributed by atoms with van der Waals surface area (Å²) in [5, 5.41) is 14.1. The topological polar surface area (TPSA) is 95.3 Å². The summed E-state index contributed by atoms with van der Waals surface area (Å²) in [6.07, 6.45) is 0. The third-order valence-electron chi connectivity index (χ3n) is 2.79. The van der Waals surface area contributed by atoms with E-state index in [0.717, 1.165) is 16.5 Å². The van der Waals surface area contributed by atoms with Crippen LogP contribution in [0.3, 0.4) is 0 Å². The smallest absolute Gasteiger partial charge is 0.316 e. The maximum Gasteiger partial charge on any atom is 0.316 e. The molecule has 0 aromatic heterocycles. The standard InChI is InChI=1S/C13H11N3O3/c1-19-11-5-4-8-6-10(3-2-9(8)7-11)12(13(17)18)15-16-14/h2-7,12H,1H3,(H,17,18). The molecular formula is C13H11N3O3. The average molecular weight is 257 g/mol. The Balaban J connectivity index is 2.51. The summed E-state index contributed by atoms with van der Waals surface area (Å²) in [5.74, 6) is -0.448. The van der Waals surface area contributed by atoms with Gasteiger partial charge in [-0.15, -0.1) is 0 Å². The normalized spacial score (nSPS) is 11.6. The highest BCUT2D eigenvalue weighted by molar-refractivity contribution is 5.86. The van der Waals surface area contributed by atoms with E-state index in [4.69, 9.17) is 15.4 Å². The molecule has 6 heteroatoms. The van der Waals surface area contributed by atoms with Crippen molar-refractivity contribution in [1.29, 1.82) is 0 Å². The number of azide groups is 1. The van der Waals surface area contributed by atoms with Gasteiger partial charge in [0.05, 0.1) is 7.11 Å². The fraction of sp³-hybridized carbons (Fsp3) is 0.154. The zero-order valence-electron chi connectivity index (χ0n) is 10.1. The second kappa shape index (κ2) is 5.29. The zero-order chi connectivity index (χ0) is 13.8. The van der Waals surface area contributed by atoms with Gasteiger partial charge in [-0.3, -0.25) is 4.79 Å². The van der Waals surface area contributed by atoms with E-state index in [1.54, 1.807) is 31.4 Å². The van der Waals surface area contributed by atoms with Gasteiger partial charge >= 0.3 is 5.97 Å². The minimum Gasteiger partial charge on any atom is -0.497 e. The number of benzene rings is 2. The molecule has 0 spiro atoms. The van der Waals surface area contributed by atoms with Crippen molar-refractivity contribution in [3.8, 4) is 5.75 Å². The van der Waals surface area contributed by atoms with Gasteiger partial charge in [-0.2, -0.15) is 0 Å². The number of carboxylic acid groups (broad SMARTS) is 1. The number of fused-ring (bicyclic) bond motifs is 1. The Bertz CT molecular complexity index is 676. The van der Waals surface area contributed by atoms with Crippen LogP contribution in [0.2, 0.25) is 0 Å². The van der Waals surface area contributed by atoms with E-state index in [0.29, 0.717) is 5.56 Å². The molecule has 1 atom stereocenters. The monoisotopic (exact) mass is 257 g/mol. The average Bonchev–Trinajstić information content (AvgIpc) is 2.43. The van der Waals surface area contributed by atoms with Gasteiger partial charge in [0.2, 0.25) is 0 Å². The minimum atomic E-state index is -1.21. The quantitative estimate of drug-likeness (QED) is 0.517. The van der Waals surface area contributed by atoms with Crippen molar-refractivity contribution in [2.75, 3.05) is 7.11 Å². The summed E-state index contributed by atoms with van der Waals surface area (Å²) in [6.45, 7) is 0. The van der Waals surface area contributed by atoms with Crippen LogP contribution < -0.4 is 4.74 Å². The Morgan fingerprint density at radius 3 is 2.63 bits per heavy atom. The Hall–Kier alpha value is -2.72. The summed E-state index contributed by atoms with van der Waals surface area (Å²) < 4.78 is 5.12. The molecule has 1 N–H and O–H groups in total. The van der Waals surface area contributed by atoms with Crippen LogP contribution in [0.15, 0.2) is 41.5 Å². The van der Waals surface area contributed by atoms with E-state index < -0.39 is 12.0 Å². The molecule has 1 unspecified atom stereocenters. The fourth-order valence-corrected chi connectivity index (χ4v) is 1.85. The van der Waals surface area contributed by atoms with Gasteiger partial charge in [0.1, 0.15) is 5.75 Å². The Labute approximate surface area is 108 Å². The first-order valence-corrected chi connectivity index (χ1v) is 5.50. The number of hydrogen-bond acceptors (Lipinski definition) is 3. The largest absolute Gasteiger partial charge is 0.497 e. The summed E-state index contributed by atoms with van der Waals surface area (Å²) >= 11 is 0. The van der Waals surface area contributed by atoms with Crippen LogP contribution in [0.25, 0.3) is 21.2 Å². The van der Waals surface area contributed by atoms with Crippen molar-refractivity contribution in [1.82, 2.24) is 0 Å². The minimum absolute atomic E-state index is 0.447. The summed E-state index contributed by atoms with van der Waals surface area (Å²) in [6, 6.07) is 9.36. The molecule has 2 aromatic rings. The molecular weight excluding hydrogens is 246 g/mol. The van der Waals surface area contributed by atoms with E-state index in [1.165, 1.54) is 0 Å². The highest BCUT2D eigenvalue weighted by Gasteiger charge is 2.18. The van der Waals surface area contributed by atoms with Crippen molar-refractivity contribution < 1.29 is 14.6 Å². The summed E-state index contributed by atoms with van der Waals surface area (Å²) in [7, 11) is 1.58. The van der Waals surface area contributed by atoms with Crippen LogP contribution in [0, 0.1) is 0 Å². The number of rotatable bonds is 4. The summed E-state index contributed by atoms with van der Waals surface area (Å²) in [5.41, 5.74) is 8.85. The molecule has 0 bridgehead atoms. The number of ether oxygens (including phenoxy) is 1. The molecule has 0 saturated carbocycles. The van der Waals surface area contributed by atoms with Crippen LogP contribution in [0.5, 0.6) is 5.75 Å². The molecule has 0 amide bonds. The lowest BCUT2D eigenvalue weighted by atomic mass is 10.0. The Morgan fingerprint density at radius 1 is 1.32 bits per heavy atom. The predicted molar refractivity (Wildman–Crippen MR) is 70.0 cm³/mol. The molecule has 2 aromatic carbocycles. The van der Waals surface area contributed by atoms with Gasteiger partial charge in [0.15, 0.2) is 6.04 Å². The number of carboxylic acids is 1. The molecule has 0 saturated heterocycles. The van der Waals surface area contributed by atoms with Gasteiger partial charge in [0.25, 0.3) is 0 Å². The lowest BCUT2D eigenvalue weighted by Crippen LogP contribution is -2.08. The number of aliphatic carboxylic acids is 1. The molecule has 0 aliphatic carbocycles. The molecule has 0 radical (unpaired) electrons. The zero-order valence-corrected chi connectivity index (χ0v) is 10.1. The first-order valence-electron chi connectivity index (χ1n) is 5.50. The lowest BCUT2D eigenvalue weighted by molar-refractivity contribution is -0.138. The molecule has 0 heterocycles. The molecule has 6 nitrogen and oxygen atoms in total. The van der Waals surface area contributed by atoms with Crippen molar-refractivity contribution in [2.45, 2.75) is 6.04 Å².